The molecular formula is C17H21N3O2. The van der Waals surface area contributed by atoms with E-state index < -0.39 is 0 Å². The highest BCUT2D eigenvalue weighted by molar-refractivity contribution is 5.44. The molecule has 0 saturated carbocycles. The summed E-state index contributed by atoms with van der Waals surface area (Å²) in [6.45, 7) is 4.54. The van der Waals surface area contributed by atoms with Crippen LogP contribution in [0, 0.1) is 0 Å². The number of nitrogens with zero attached hydrogens (tertiary/aromatic N) is 3. The molecule has 1 fully saturated rings. The van der Waals surface area contributed by atoms with Crippen molar-refractivity contribution >= 4 is 5.82 Å². The zero-order valence-corrected chi connectivity index (χ0v) is 13.0. The van der Waals surface area contributed by atoms with E-state index in [2.05, 4.69) is 27.0 Å². The van der Waals surface area contributed by atoms with Gasteiger partial charge in [-0.15, -0.1) is 0 Å². The highest BCUT2D eigenvalue weighted by Gasteiger charge is 2.25. The lowest BCUT2D eigenvalue weighted by Crippen LogP contribution is -2.20. The molecule has 0 spiro atoms. The number of hydrogen-bond donors (Lipinski definition) is 0. The third-order valence-corrected chi connectivity index (χ3v) is 4.02. The van der Waals surface area contributed by atoms with Gasteiger partial charge in [0.15, 0.2) is 0 Å². The van der Waals surface area contributed by atoms with Crippen molar-refractivity contribution in [2.45, 2.75) is 19.3 Å². The minimum Gasteiger partial charge on any atom is -0.497 e. The second-order valence-electron chi connectivity index (χ2n) is 5.35. The summed E-state index contributed by atoms with van der Waals surface area (Å²) >= 11 is 0. The van der Waals surface area contributed by atoms with Crippen molar-refractivity contribution in [2.75, 3.05) is 31.7 Å². The molecule has 5 heteroatoms. The van der Waals surface area contributed by atoms with Crippen LogP contribution in [0.3, 0.4) is 0 Å². The Balaban J connectivity index is 1.69. The molecule has 0 radical (unpaired) electrons. The molecule has 2 aromatic rings. The van der Waals surface area contributed by atoms with Gasteiger partial charge in [-0.05, 0) is 31.0 Å². The average Bonchev–Trinajstić information content (AvgIpc) is 3.06. The molecule has 0 amide bonds. The van der Waals surface area contributed by atoms with E-state index in [1.807, 2.05) is 25.1 Å². The summed E-state index contributed by atoms with van der Waals surface area (Å²) in [5.74, 6) is 3.00. The highest BCUT2D eigenvalue weighted by atomic mass is 16.5. The number of methoxy groups -OCH3 is 1. The topological polar surface area (TPSA) is 47.5 Å². The quantitative estimate of drug-likeness (QED) is 0.849. The maximum atomic E-state index is 5.45. The van der Waals surface area contributed by atoms with E-state index >= 15 is 0 Å². The third kappa shape index (κ3) is 3.13. The monoisotopic (exact) mass is 299 g/mol. The molecule has 1 saturated heterocycles. The normalized spacial score (nSPS) is 17.5. The van der Waals surface area contributed by atoms with Crippen LogP contribution in [0.1, 0.15) is 24.8 Å². The maximum Gasteiger partial charge on any atom is 0.218 e. The third-order valence-electron chi connectivity index (χ3n) is 4.02. The van der Waals surface area contributed by atoms with Crippen molar-refractivity contribution in [3.8, 4) is 11.6 Å². The average molecular weight is 299 g/mol. The van der Waals surface area contributed by atoms with Gasteiger partial charge in [-0.3, -0.25) is 0 Å². The first kappa shape index (κ1) is 14.6. The molecule has 0 aliphatic carbocycles. The number of benzene rings is 1. The van der Waals surface area contributed by atoms with Crippen molar-refractivity contribution in [3.05, 3.63) is 42.2 Å². The SMILES string of the molecule is CCOc1cc(N2CC[C@@H](c3ccc(OC)cc3)C2)ncn1. The molecule has 22 heavy (non-hydrogen) atoms. The van der Waals surface area contributed by atoms with Crippen molar-refractivity contribution in [1.82, 2.24) is 9.97 Å². The largest absolute Gasteiger partial charge is 0.497 e. The van der Waals surface area contributed by atoms with Crippen LogP contribution < -0.4 is 14.4 Å². The predicted molar refractivity (Wildman–Crippen MR) is 85.8 cm³/mol. The molecule has 2 heterocycles. The van der Waals surface area contributed by atoms with Gasteiger partial charge in [-0.25, -0.2) is 9.97 Å². The molecule has 5 nitrogen and oxygen atoms in total. The fourth-order valence-electron chi connectivity index (χ4n) is 2.85. The minimum absolute atomic E-state index is 0.524. The van der Waals surface area contributed by atoms with Crippen LogP contribution >= 0.6 is 0 Å². The van der Waals surface area contributed by atoms with Crippen LogP contribution in [-0.4, -0.2) is 36.8 Å². The van der Waals surface area contributed by atoms with Crippen LogP contribution in [0.15, 0.2) is 36.7 Å². The summed E-state index contributed by atoms with van der Waals surface area (Å²) in [7, 11) is 1.69. The Kier molecular flexibility index (Phi) is 4.42. The lowest BCUT2D eigenvalue weighted by atomic mass is 9.98. The summed E-state index contributed by atoms with van der Waals surface area (Å²) < 4.78 is 10.7. The Morgan fingerprint density at radius 2 is 2.05 bits per heavy atom. The van der Waals surface area contributed by atoms with Gasteiger partial charge >= 0.3 is 0 Å². The Morgan fingerprint density at radius 3 is 2.77 bits per heavy atom. The summed E-state index contributed by atoms with van der Waals surface area (Å²) in [6.07, 6.45) is 2.70. The minimum atomic E-state index is 0.524. The summed E-state index contributed by atoms with van der Waals surface area (Å²) in [4.78, 5) is 10.8. The van der Waals surface area contributed by atoms with E-state index in [1.165, 1.54) is 5.56 Å². The van der Waals surface area contributed by atoms with Crippen molar-refractivity contribution in [1.29, 1.82) is 0 Å². The van der Waals surface area contributed by atoms with E-state index in [4.69, 9.17) is 9.47 Å². The van der Waals surface area contributed by atoms with E-state index in [0.29, 0.717) is 18.4 Å². The Morgan fingerprint density at radius 1 is 1.23 bits per heavy atom. The van der Waals surface area contributed by atoms with Gasteiger partial charge in [-0.2, -0.15) is 0 Å². The van der Waals surface area contributed by atoms with E-state index in [-0.39, 0.29) is 0 Å². The van der Waals surface area contributed by atoms with E-state index in [0.717, 1.165) is 31.1 Å². The lowest BCUT2D eigenvalue weighted by Gasteiger charge is -2.18. The molecule has 0 N–H and O–H groups in total. The van der Waals surface area contributed by atoms with Gasteiger partial charge in [-0.1, -0.05) is 12.1 Å². The van der Waals surface area contributed by atoms with Crippen LogP contribution in [-0.2, 0) is 0 Å². The van der Waals surface area contributed by atoms with Crippen molar-refractivity contribution < 1.29 is 9.47 Å². The Bertz CT molecular complexity index is 616. The number of rotatable bonds is 5. The standard InChI is InChI=1S/C17H21N3O2/c1-3-22-17-10-16(18-12-19-17)20-9-8-14(11-20)13-4-6-15(21-2)7-5-13/h4-7,10,12,14H,3,8-9,11H2,1-2H3/t14-/m1/s1. The second kappa shape index (κ2) is 6.64. The summed E-state index contributed by atoms with van der Waals surface area (Å²) in [5, 5.41) is 0. The first-order valence-corrected chi connectivity index (χ1v) is 7.64. The molecule has 3 rings (SSSR count). The molecule has 1 aromatic heterocycles. The fraction of sp³-hybridized carbons (Fsp3) is 0.412. The van der Waals surface area contributed by atoms with Crippen LogP contribution in [0.25, 0.3) is 0 Å². The van der Waals surface area contributed by atoms with Gasteiger partial charge in [0.25, 0.3) is 0 Å². The van der Waals surface area contributed by atoms with E-state index in [9.17, 15) is 0 Å². The van der Waals surface area contributed by atoms with Crippen molar-refractivity contribution in [2.24, 2.45) is 0 Å². The molecule has 1 aliphatic heterocycles. The number of aromatic nitrogens is 2. The molecule has 0 bridgehead atoms. The smallest absolute Gasteiger partial charge is 0.218 e. The van der Waals surface area contributed by atoms with Crippen LogP contribution in [0.5, 0.6) is 11.6 Å². The van der Waals surface area contributed by atoms with Gasteiger partial charge in [0.05, 0.1) is 13.7 Å². The van der Waals surface area contributed by atoms with Crippen LogP contribution in [0.2, 0.25) is 0 Å². The first-order chi connectivity index (χ1) is 10.8. The number of anilines is 1. The maximum absolute atomic E-state index is 5.45. The zero-order valence-electron chi connectivity index (χ0n) is 13.0. The van der Waals surface area contributed by atoms with Crippen molar-refractivity contribution in [3.63, 3.8) is 0 Å². The molecule has 1 atom stereocenters. The fourth-order valence-corrected chi connectivity index (χ4v) is 2.85. The first-order valence-electron chi connectivity index (χ1n) is 7.64. The molecule has 116 valence electrons. The molecule has 0 unspecified atom stereocenters. The molecular weight excluding hydrogens is 278 g/mol. The zero-order chi connectivity index (χ0) is 15.4. The molecule has 1 aliphatic rings. The van der Waals surface area contributed by atoms with Crippen LogP contribution in [0.4, 0.5) is 5.82 Å². The van der Waals surface area contributed by atoms with Gasteiger partial charge in [0.2, 0.25) is 5.88 Å². The van der Waals surface area contributed by atoms with E-state index in [1.54, 1.807) is 13.4 Å². The second-order valence-corrected chi connectivity index (χ2v) is 5.35. The van der Waals surface area contributed by atoms with Gasteiger partial charge in [0.1, 0.15) is 17.9 Å². The summed E-state index contributed by atoms with van der Waals surface area (Å²) in [6, 6.07) is 10.3. The van der Waals surface area contributed by atoms with Gasteiger partial charge < -0.3 is 14.4 Å². The highest BCUT2D eigenvalue weighted by Crippen LogP contribution is 2.31. The lowest BCUT2D eigenvalue weighted by molar-refractivity contribution is 0.326. The Labute approximate surface area is 130 Å². The predicted octanol–water partition coefficient (Wildman–Crippen LogP) is 2.88. The summed E-state index contributed by atoms with van der Waals surface area (Å²) in [5.41, 5.74) is 1.35. The number of hydrogen-bond acceptors (Lipinski definition) is 5. The number of ether oxygens (including phenoxy) is 2. The Hall–Kier alpha value is -2.30. The molecule has 1 aromatic carbocycles. The van der Waals surface area contributed by atoms with Gasteiger partial charge in [0, 0.05) is 25.1 Å².